The monoisotopic (exact) mass is 234 g/mol. The average molecular weight is 234 g/mol. The van der Waals surface area contributed by atoms with E-state index in [0.717, 1.165) is 29.2 Å². The number of hydrogen-bond donors (Lipinski definition) is 0. The van der Waals surface area contributed by atoms with Crippen LogP contribution in [0.15, 0.2) is 24.3 Å². The zero-order valence-electron chi connectivity index (χ0n) is 9.94. The van der Waals surface area contributed by atoms with Gasteiger partial charge in [0.25, 0.3) is 0 Å². The molecule has 0 spiro atoms. The summed E-state index contributed by atoms with van der Waals surface area (Å²) in [4.78, 5) is 2.20. The van der Waals surface area contributed by atoms with E-state index in [0.29, 0.717) is 0 Å². The summed E-state index contributed by atoms with van der Waals surface area (Å²) in [5.74, 6) is 2.09. The van der Waals surface area contributed by atoms with Gasteiger partial charge in [0.2, 0.25) is 0 Å². The SMILES string of the molecule is CN(C)CCCSCc1ccccc1C#N. The van der Waals surface area contributed by atoms with E-state index in [1.54, 1.807) is 0 Å². The molecule has 1 aromatic rings. The molecule has 16 heavy (non-hydrogen) atoms. The van der Waals surface area contributed by atoms with Gasteiger partial charge >= 0.3 is 0 Å². The summed E-state index contributed by atoms with van der Waals surface area (Å²) in [6.45, 7) is 1.13. The van der Waals surface area contributed by atoms with Crippen LogP contribution >= 0.6 is 11.8 Å². The smallest absolute Gasteiger partial charge is 0.0994 e. The van der Waals surface area contributed by atoms with Gasteiger partial charge in [0.15, 0.2) is 0 Å². The van der Waals surface area contributed by atoms with E-state index in [1.807, 2.05) is 36.0 Å². The Morgan fingerprint density at radius 2 is 2.06 bits per heavy atom. The largest absolute Gasteiger partial charge is 0.309 e. The van der Waals surface area contributed by atoms with Crippen LogP contribution in [0.4, 0.5) is 0 Å². The maximum absolute atomic E-state index is 8.93. The van der Waals surface area contributed by atoms with Crippen molar-refractivity contribution in [3.63, 3.8) is 0 Å². The summed E-state index contributed by atoms with van der Waals surface area (Å²) >= 11 is 1.90. The van der Waals surface area contributed by atoms with E-state index in [9.17, 15) is 0 Å². The van der Waals surface area contributed by atoms with E-state index in [2.05, 4.69) is 25.1 Å². The molecule has 0 N–H and O–H groups in total. The Morgan fingerprint density at radius 1 is 1.31 bits per heavy atom. The van der Waals surface area contributed by atoms with Gasteiger partial charge in [0.05, 0.1) is 11.6 Å². The van der Waals surface area contributed by atoms with Crippen LogP contribution in [0.25, 0.3) is 0 Å². The molecular formula is C13H18N2S. The first-order chi connectivity index (χ1) is 7.74. The third-order valence-corrected chi connectivity index (χ3v) is 3.38. The fraction of sp³-hybridized carbons (Fsp3) is 0.462. The van der Waals surface area contributed by atoms with Crippen LogP contribution in [0, 0.1) is 11.3 Å². The van der Waals surface area contributed by atoms with Gasteiger partial charge in [-0.1, -0.05) is 18.2 Å². The van der Waals surface area contributed by atoms with Gasteiger partial charge in [-0.25, -0.2) is 0 Å². The minimum Gasteiger partial charge on any atom is -0.309 e. The van der Waals surface area contributed by atoms with E-state index in [-0.39, 0.29) is 0 Å². The second-order valence-corrected chi connectivity index (χ2v) is 5.08. The third kappa shape index (κ3) is 4.69. The third-order valence-electron chi connectivity index (χ3n) is 2.29. The van der Waals surface area contributed by atoms with Crippen molar-refractivity contribution in [2.24, 2.45) is 0 Å². The van der Waals surface area contributed by atoms with E-state index in [4.69, 9.17) is 5.26 Å². The molecule has 0 radical (unpaired) electrons. The number of benzene rings is 1. The molecule has 0 saturated heterocycles. The Bertz CT molecular complexity index is 355. The summed E-state index contributed by atoms with van der Waals surface area (Å²) < 4.78 is 0. The van der Waals surface area contributed by atoms with Crippen LogP contribution in [0.1, 0.15) is 17.5 Å². The summed E-state index contributed by atoms with van der Waals surface area (Å²) in [7, 11) is 4.19. The summed E-state index contributed by atoms with van der Waals surface area (Å²) in [6, 6.07) is 10.1. The van der Waals surface area contributed by atoms with Crippen molar-refractivity contribution in [1.29, 1.82) is 5.26 Å². The maximum Gasteiger partial charge on any atom is 0.0994 e. The predicted octanol–water partition coefficient (Wildman–Crippen LogP) is 2.74. The number of rotatable bonds is 6. The molecule has 0 aliphatic heterocycles. The van der Waals surface area contributed by atoms with E-state index in [1.165, 1.54) is 6.42 Å². The number of nitrogens with zero attached hydrogens (tertiary/aromatic N) is 2. The molecule has 0 unspecified atom stereocenters. The van der Waals surface area contributed by atoms with Gasteiger partial charge in [0, 0.05) is 5.75 Å². The Balaban J connectivity index is 2.30. The van der Waals surface area contributed by atoms with E-state index >= 15 is 0 Å². The first-order valence-corrected chi connectivity index (χ1v) is 6.60. The zero-order valence-corrected chi connectivity index (χ0v) is 10.8. The highest BCUT2D eigenvalue weighted by atomic mass is 32.2. The lowest BCUT2D eigenvalue weighted by molar-refractivity contribution is 0.410. The zero-order chi connectivity index (χ0) is 11.8. The van der Waals surface area contributed by atoms with Crippen LogP contribution in [-0.2, 0) is 5.75 Å². The lowest BCUT2D eigenvalue weighted by Gasteiger charge is -2.08. The second-order valence-electron chi connectivity index (χ2n) is 3.98. The van der Waals surface area contributed by atoms with Crippen molar-refractivity contribution in [3.05, 3.63) is 35.4 Å². The molecule has 3 heteroatoms. The van der Waals surface area contributed by atoms with Crippen molar-refractivity contribution in [2.45, 2.75) is 12.2 Å². The Labute approximate surface area is 102 Å². The molecule has 0 aromatic heterocycles. The lowest BCUT2D eigenvalue weighted by atomic mass is 10.1. The Kier molecular flexibility index (Phi) is 5.99. The van der Waals surface area contributed by atoms with Crippen LogP contribution in [0.2, 0.25) is 0 Å². The maximum atomic E-state index is 8.93. The highest BCUT2D eigenvalue weighted by molar-refractivity contribution is 7.98. The van der Waals surface area contributed by atoms with Crippen molar-refractivity contribution >= 4 is 11.8 Å². The quantitative estimate of drug-likeness (QED) is 0.708. The van der Waals surface area contributed by atoms with Gasteiger partial charge in [-0.2, -0.15) is 17.0 Å². The molecule has 0 bridgehead atoms. The lowest BCUT2D eigenvalue weighted by Crippen LogP contribution is -2.13. The second kappa shape index (κ2) is 7.32. The fourth-order valence-corrected chi connectivity index (χ4v) is 2.37. The fourth-order valence-electron chi connectivity index (χ4n) is 1.42. The number of hydrogen-bond acceptors (Lipinski definition) is 3. The molecule has 86 valence electrons. The molecule has 0 aliphatic rings. The van der Waals surface area contributed by atoms with Gasteiger partial charge in [-0.15, -0.1) is 0 Å². The van der Waals surface area contributed by atoms with Gasteiger partial charge in [-0.05, 0) is 44.4 Å². The van der Waals surface area contributed by atoms with Crippen LogP contribution < -0.4 is 0 Å². The molecule has 2 nitrogen and oxygen atoms in total. The van der Waals surface area contributed by atoms with Crippen molar-refractivity contribution in [3.8, 4) is 6.07 Å². The molecule has 0 heterocycles. The summed E-state index contributed by atoms with van der Waals surface area (Å²) in [5.41, 5.74) is 1.96. The van der Waals surface area contributed by atoms with Crippen molar-refractivity contribution in [2.75, 3.05) is 26.4 Å². The normalized spacial score (nSPS) is 10.4. The van der Waals surface area contributed by atoms with Crippen LogP contribution in [0.3, 0.4) is 0 Å². The van der Waals surface area contributed by atoms with Crippen LogP contribution in [-0.4, -0.2) is 31.3 Å². The minimum atomic E-state index is 0.808. The molecule has 1 rings (SSSR count). The molecule has 0 atom stereocenters. The minimum absolute atomic E-state index is 0.808. The molecule has 0 saturated carbocycles. The highest BCUT2D eigenvalue weighted by Gasteiger charge is 2.00. The standard InChI is InChI=1S/C13H18N2S/c1-15(2)8-5-9-16-11-13-7-4-3-6-12(13)10-14/h3-4,6-7H,5,8-9,11H2,1-2H3. The van der Waals surface area contributed by atoms with Crippen molar-refractivity contribution < 1.29 is 0 Å². The molecular weight excluding hydrogens is 216 g/mol. The van der Waals surface area contributed by atoms with Crippen molar-refractivity contribution in [1.82, 2.24) is 4.90 Å². The predicted molar refractivity (Wildman–Crippen MR) is 70.5 cm³/mol. The van der Waals surface area contributed by atoms with Gasteiger partial charge in [0.1, 0.15) is 0 Å². The molecule has 0 fully saturated rings. The number of nitriles is 1. The molecule has 1 aromatic carbocycles. The average Bonchev–Trinajstić information content (AvgIpc) is 2.29. The first-order valence-electron chi connectivity index (χ1n) is 5.44. The Morgan fingerprint density at radius 3 is 2.75 bits per heavy atom. The Hall–Kier alpha value is -0.980. The van der Waals surface area contributed by atoms with Crippen LogP contribution in [0.5, 0.6) is 0 Å². The molecule has 0 amide bonds. The van der Waals surface area contributed by atoms with Gasteiger partial charge in [-0.3, -0.25) is 0 Å². The first kappa shape index (κ1) is 13.1. The van der Waals surface area contributed by atoms with Gasteiger partial charge < -0.3 is 4.90 Å². The summed E-state index contributed by atoms with van der Waals surface area (Å²) in [6.07, 6.45) is 1.20. The summed E-state index contributed by atoms with van der Waals surface area (Å²) in [5, 5.41) is 8.93. The molecule has 0 aliphatic carbocycles. The highest BCUT2D eigenvalue weighted by Crippen LogP contribution is 2.16. The topological polar surface area (TPSA) is 27.0 Å². The number of thioether (sulfide) groups is 1. The van der Waals surface area contributed by atoms with E-state index < -0.39 is 0 Å².